The molecule has 3 aromatic carbocycles. The van der Waals surface area contributed by atoms with E-state index in [9.17, 15) is 13.2 Å². The zero-order valence-corrected chi connectivity index (χ0v) is 22.8. The maximum absolute atomic E-state index is 13.5. The highest BCUT2D eigenvalue weighted by atomic mass is 35.5. The van der Waals surface area contributed by atoms with Gasteiger partial charge in [0.25, 0.3) is 5.91 Å². The van der Waals surface area contributed by atoms with Gasteiger partial charge in [0.2, 0.25) is 10.0 Å². The lowest BCUT2D eigenvalue weighted by atomic mass is 10.0. The number of carbonyl (C=O) groups excluding carboxylic acids is 1. The minimum atomic E-state index is -3.72. The van der Waals surface area contributed by atoms with E-state index in [0.29, 0.717) is 10.6 Å². The van der Waals surface area contributed by atoms with Crippen molar-refractivity contribution in [3.8, 4) is 11.1 Å². The van der Waals surface area contributed by atoms with Crippen molar-refractivity contribution in [2.45, 2.75) is 30.8 Å². The molecular formula is C28H27Cl2N3O3S. The molecule has 9 heteroatoms. The van der Waals surface area contributed by atoms with Crippen LogP contribution in [-0.2, 0) is 10.0 Å². The molecule has 0 radical (unpaired) electrons. The molecule has 2 heterocycles. The number of hydrogen-bond donors (Lipinski definition) is 0. The molecule has 1 aromatic heterocycles. The second kappa shape index (κ2) is 10.8. The van der Waals surface area contributed by atoms with Crippen LogP contribution in [0.4, 0.5) is 0 Å². The van der Waals surface area contributed by atoms with Gasteiger partial charge in [-0.05, 0) is 84.3 Å². The molecule has 2 unspecified atom stereocenters. The van der Waals surface area contributed by atoms with Crippen LogP contribution in [0.3, 0.4) is 0 Å². The number of carbonyl (C=O) groups is 1. The zero-order valence-electron chi connectivity index (χ0n) is 20.4. The number of aromatic nitrogens is 1. The average molecular weight is 557 g/mol. The Morgan fingerprint density at radius 1 is 0.838 bits per heavy atom. The van der Waals surface area contributed by atoms with Gasteiger partial charge in [0.1, 0.15) is 0 Å². The summed E-state index contributed by atoms with van der Waals surface area (Å²) in [5, 5.41) is 2.30. The number of pyridine rings is 1. The number of amides is 1. The summed E-state index contributed by atoms with van der Waals surface area (Å²) in [5.74, 6) is -0.101. The van der Waals surface area contributed by atoms with E-state index in [1.165, 1.54) is 4.31 Å². The maximum Gasteiger partial charge on any atom is 0.254 e. The molecule has 37 heavy (non-hydrogen) atoms. The number of sulfonamides is 1. The highest BCUT2D eigenvalue weighted by Crippen LogP contribution is 2.28. The number of benzene rings is 3. The predicted octanol–water partition coefficient (Wildman–Crippen LogP) is 5.90. The van der Waals surface area contributed by atoms with Gasteiger partial charge < -0.3 is 4.90 Å². The first-order valence-electron chi connectivity index (χ1n) is 11.8. The van der Waals surface area contributed by atoms with Crippen molar-refractivity contribution in [3.63, 3.8) is 0 Å². The number of nitrogens with zero attached hydrogens (tertiary/aromatic N) is 3. The van der Waals surface area contributed by atoms with Crippen LogP contribution < -0.4 is 0 Å². The summed E-state index contributed by atoms with van der Waals surface area (Å²) in [5.41, 5.74) is 2.61. The lowest BCUT2D eigenvalue weighted by Gasteiger charge is -2.43. The van der Waals surface area contributed by atoms with E-state index in [-0.39, 0.29) is 48.4 Å². The van der Waals surface area contributed by atoms with E-state index in [2.05, 4.69) is 4.98 Å². The van der Waals surface area contributed by atoms with Crippen molar-refractivity contribution in [1.82, 2.24) is 14.2 Å². The summed E-state index contributed by atoms with van der Waals surface area (Å²) in [7, 11) is -3.72. The largest absolute Gasteiger partial charge is 0.331 e. The van der Waals surface area contributed by atoms with E-state index >= 15 is 0 Å². The normalized spacial score (nSPS) is 18.4. The molecule has 0 spiro atoms. The summed E-state index contributed by atoms with van der Waals surface area (Å²) in [6, 6.07) is 21.2. The fourth-order valence-corrected chi connectivity index (χ4v) is 6.69. The Kier molecular flexibility index (Phi) is 7.90. The number of rotatable bonds is 4. The van der Waals surface area contributed by atoms with E-state index < -0.39 is 10.0 Å². The number of hydrogen-bond acceptors (Lipinski definition) is 4. The topological polar surface area (TPSA) is 70.6 Å². The first kappa shape index (κ1) is 27.1. The second-order valence-corrected chi connectivity index (χ2v) is 11.6. The average Bonchev–Trinajstić information content (AvgIpc) is 2.88. The van der Waals surface area contributed by atoms with Crippen LogP contribution in [-0.4, -0.2) is 53.7 Å². The smallest absolute Gasteiger partial charge is 0.254 e. The molecule has 0 saturated carbocycles. The Bertz CT molecular complexity index is 1520. The van der Waals surface area contributed by atoms with Crippen LogP contribution in [0, 0.1) is 0 Å². The lowest BCUT2D eigenvalue weighted by molar-refractivity contribution is 0.0440. The quantitative estimate of drug-likeness (QED) is 0.314. The van der Waals surface area contributed by atoms with Crippen molar-refractivity contribution >= 4 is 50.7 Å². The second-order valence-electron chi connectivity index (χ2n) is 9.20. The third-order valence-corrected chi connectivity index (χ3v) is 8.74. The molecule has 6 nitrogen and oxygen atoms in total. The van der Waals surface area contributed by atoms with Gasteiger partial charge in [0.15, 0.2) is 0 Å². The van der Waals surface area contributed by atoms with Crippen LogP contribution in [0.5, 0.6) is 0 Å². The van der Waals surface area contributed by atoms with E-state index in [1.54, 1.807) is 41.6 Å². The molecule has 1 fully saturated rings. The van der Waals surface area contributed by atoms with Crippen LogP contribution in [0.1, 0.15) is 24.2 Å². The molecule has 1 amide bonds. The molecule has 2 atom stereocenters. The minimum absolute atomic E-state index is 0. The number of halogens is 2. The molecular weight excluding hydrogens is 529 g/mol. The first-order chi connectivity index (χ1) is 17.2. The summed E-state index contributed by atoms with van der Waals surface area (Å²) in [6.45, 7) is 4.24. The molecule has 1 saturated heterocycles. The molecule has 0 bridgehead atoms. The zero-order chi connectivity index (χ0) is 25.4. The van der Waals surface area contributed by atoms with Crippen molar-refractivity contribution < 1.29 is 13.2 Å². The van der Waals surface area contributed by atoms with E-state index in [1.807, 2.05) is 62.4 Å². The predicted molar refractivity (Wildman–Crippen MR) is 150 cm³/mol. The van der Waals surface area contributed by atoms with Gasteiger partial charge >= 0.3 is 0 Å². The monoisotopic (exact) mass is 555 g/mol. The van der Waals surface area contributed by atoms with E-state index in [4.69, 9.17) is 11.6 Å². The van der Waals surface area contributed by atoms with Gasteiger partial charge in [-0.15, -0.1) is 12.4 Å². The molecule has 1 aliphatic heterocycles. The molecule has 0 N–H and O–H groups in total. The SMILES string of the molecule is CC1CN(S(=O)(=O)c2ccc3cc(Cl)ccc3c2)CC(C)N1C(=O)c1ccc(-c2ccncc2)cc1.Cl. The fourth-order valence-electron chi connectivity index (χ4n) is 4.87. The third kappa shape index (κ3) is 5.36. The Labute approximate surface area is 228 Å². The van der Waals surface area contributed by atoms with Gasteiger partial charge in [-0.2, -0.15) is 4.31 Å². The molecule has 4 aromatic rings. The van der Waals surface area contributed by atoms with Gasteiger partial charge in [-0.1, -0.05) is 35.9 Å². The highest BCUT2D eigenvalue weighted by Gasteiger charge is 2.38. The third-order valence-electron chi connectivity index (χ3n) is 6.68. The Morgan fingerprint density at radius 3 is 2.05 bits per heavy atom. The minimum Gasteiger partial charge on any atom is -0.331 e. The van der Waals surface area contributed by atoms with Gasteiger partial charge in [0, 0.05) is 48.2 Å². The van der Waals surface area contributed by atoms with Crippen LogP contribution in [0.2, 0.25) is 5.02 Å². The summed E-state index contributed by atoms with van der Waals surface area (Å²) in [6.07, 6.45) is 3.47. The number of piperazine rings is 1. The van der Waals surface area contributed by atoms with E-state index in [0.717, 1.165) is 21.9 Å². The van der Waals surface area contributed by atoms with Crippen molar-refractivity contribution in [2.75, 3.05) is 13.1 Å². The summed E-state index contributed by atoms with van der Waals surface area (Å²) in [4.78, 5) is 19.5. The highest BCUT2D eigenvalue weighted by molar-refractivity contribution is 7.89. The number of fused-ring (bicyclic) bond motifs is 1. The first-order valence-corrected chi connectivity index (χ1v) is 13.6. The van der Waals surface area contributed by atoms with Gasteiger partial charge in [0.05, 0.1) is 4.90 Å². The van der Waals surface area contributed by atoms with Crippen LogP contribution in [0.25, 0.3) is 21.9 Å². The van der Waals surface area contributed by atoms with Crippen molar-refractivity contribution in [1.29, 1.82) is 0 Å². The maximum atomic E-state index is 13.5. The van der Waals surface area contributed by atoms with Crippen molar-refractivity contribution in [2.24, 2.45) is 0 Å². The lowest BCUT2D eigenvalue weighted by Crippen LogP contribution is -2.59. The van der Waals surface area contributed by atoms with Crippen molar-refractivity contribution in [3.05, 3.63) is 95.8 Å². The van der Waals surface area contributed by atoms with Gasteiger partial charge in [-0.3, -0.25) is 9.78 Å². The van der Waals surface area contributed by atoms with Crippen LogP contribution >= 0.6 is 24.0 Å². The molecule has 5 rings (SSSR count). The molecule has 1 aliphatic rings. The van der Waals surface area contributed by atoms with Crippen LogP contribution in [0.15, 0.2) is 90.1 Å². The fraction of sp³-hybridized carbons (Fsp3) is 0.214. The molecule has 192 valence electrons. The molecule has 0 aliphatic carbocycles. The Morgan fingerprint density at radius 2 is 1.41 bits per heavy atom. The standard InChI is InChI=1S/C28H26ClN3O3S.ClH/c1-19-17-31(36(34,35)27-10-8-24-15-26(29)9-7-25(24)16-27)18-20(2)32(19)28(33)23-5-3-21(4-6-23)22-11-13-30-14-12-22;/h3-16,19-20H,17-18H2,1-2H3;1H. The summed E-state index contributed by atoms with van der Waals surface area (Å²) < 4.78 is 28.5. The Hall–Kier alpha value is -2.97. The Balaban J connectivity index is 0.00000320. The van der Waals surface area contributed by atoms with Gasteiger partial charge in [-0.25, -0.2) is 8.42 Å². The summed E-state index contributed by atoms with van der Waals surface area (Å²) >= 11 is 6.06.